The first-order chi connectivity index (χ1) is 25.0. The summed E-state index contributed by atoms with van der Waals surface area (Å²) in [7, 11) is 0. The molecule has 10 rings (SSSR count). The van der Waals surface area contributed by atoms with E-state index in [1.807, 2.05) is 0 Å². The maximum absolute atomic E-state index is 7.80. The summed E-state index contributed by atoms with van der Waals surface area (Å²) in [6, 6.07) is 47.5. The van der Waals surface area contributed by atoms with Gasteiger partial charge in [0, 0.05) is 65.0 Å². The van der Waals surface area contributed by atoms with E-state index in [-0.39, 0.29) is 5.41 Å². The van der Waals surface area contributed by atoms with Crippen LogP contribution in [0.3, 0.4) is 0 Å². The average Bonchev–Trinajstić information content (AvgIpc) is 3.97. The second-order valence-corrected chi connectivity index (χ2v) is 15.4. The molecular formula is C48H44N2O. The second-order valence-electron chi connectivity index (χ2n) is 15.4. The van der Waals surface area contributed by atoms with Gasteiger partial charge in [-0.2, -0.15) is 0 Å². The Morgan fingerprint density at radius 3 is 1.67 bits per heavy atom. The molecule has 3 aliphatic heterocycles. The molecule has 1 aliphatic carbocycles. The molecule has 0 amide bonds. The van der Waals surface area contributed by atoms with Gasteiger partial charge in [-0.05, 0) is 94.8 Å². The molecule has 252 valence electrons. The summed E-state index contributed by atoms with van der Waals surface area (Å²) >= 11 is 0. The van der Waals surface area contributed by atoms with Gasteiger partial charge in [-0.3, -0.25) is 0 Å². The highest BCUT2D eigenvalue weighted by Crippen LogP contribution is 2.60. The Kier molecular flexibility index (Phi) is 6.97. The van der Waals surface area contributed by atoms with Gasteiger partial charge in [0.2, 0.25) is 0 Å². The summed E-state index contributed by atoms with van der Waals surface area (Å²) in [4.78, 5) is 5.03. The van der Waals surface area contributed by atoms with Gasteiger partial charge in [0.25, 0.3) is 0 Å². The van der Waals surface area contributed by atoms with Crippen LogP contribution in [0.25, 0.3) is 27.5 Å². The molecule has 3 heteroatoms. The minimum Gasteiger partial charge on any atom is -0.472 e. The van der Waals surface area contributed by atoms with Crippen molar-refractivity contribution >= 4 is 27.7 Å². The van der Waals surface area contributed by atoms with Gasteiger partial charge in [-0.1, -0.05) is 117 Å². The fraction of sp³-hybridized carbons (Fsp3) is 0.250. The van der Waals surface area contributed by atoms with Crippen molar-refractivity contribution in [3.05, 3.63) is 167 Å². The highest BCUT2D eigenvalue weighted by molar-refractivity contribution is 6.10. The lowest BCUT2D eigenvalue weighted by Crippen LogP contribution is -2.36. The lowest BCUT2D eigenvalue weighted by molar-refractivity contribution is 0.162. The third kappa shape index (κ3) is 4.63. The smallest absolute Gasteiger partial charge is 0.178 e. The molecule has 0 spiro atoms. The minimum absolute atomic E-state index is 0.216. The van der Waals surface area contributed by atoms with Gasteiger partial charge in [-0.15, -0.1) is 0 Å². The van der Waals surface area contributed by atoms with E-state index in [0.29, 0.717) is 0 Å². The SMILES string of the molecule is CC1(C)c2ccccc2-c2c1c1c(c3ccccc23)OC(c2ccc(N3CCCC3)cc2)(c2ccc(N3CCCC3)cc2)C=C1c1ccccc1. The summed E-state index contributed by atoms with van der Waals surface area (Å²) in [6.45, 7) is 9.29. The first-order valence-electron chi connectivity index (χ1n) is 18.9. The molecule has 4 aliphatic rings. The van der Waals surface area contributed by atoms with Crippen LogP contribution in [0.1, 0.15) is 72.9 Å². The predicted molar refractivity (Wildman–Crippen MR) is 212 cm³/mol. The van der Waals surface area contributed by atoms with Crippen LogP contribution in [-0.4, -0.2) is 26.2 Å². The molecule has 0 saturated carbocycles. The van der Waals surface area contributed by atoms with Crippen molar-refractivity contribution < 1.29 is 4.74 Å². The highest BCUT2D eigenvalue weighted by atomic mass is 16.5. The molecule has 0 radical (unpaired) electrons. The number of rotatable bonds is 5. The van der Waals surface area contributed by atoms with Gasteiger partial charge in [0.15, 0.2) is 5.60 Å². The van der Waals surface area contributed by atoms with E-state index in [9.17, 15) is 0 Å². The largest absolute Gasteiger partial charge is 0.472 e. The van der Waals surface area contributed by atoms with Gasteiger partial charge >= 0.3 is 0 Å². The van der Waals surface area contributed by atoms with Crippen LogP contribution in [0.15, 0.2) is 133 Å². The van der Waals surface area contributed by atoms with Crippen LogP contribution in [-0.2, 0) is 11.0 Å². The van der Waals surface area contributed by atoms with E-state index in [1.54, 1.807) is 0 Å². The Balaban J connectivity index is 1.27. The number of anilines is 2. The average molecular weight is 665 g/mol. The number of fused-ring (bicyclic) bond motifs is 8. The molecule has 3 nitrogen and oxygen atoms in total. The molecule has 6 aromatic rings. The Morgan fingerprint density at radius 2 is 1.06 bits per heavy atom. The molecule has 51 heavy (non-hydrogen) atoms. The Morgan fingerprint density at radius 1 is 0.529 bits per heavy atom. The molecule has 6 aromatic carbocycles. The zero-order valence-corrected chi connectivity index (χ0v) is 29.7. The normalized spacial score (nSPS) is 18.3. The fourth-order valence-electron chi connectivity index (χ4n) is 9.61. The molecule has 0 atom stereocenters. The first kappa shape index (κ1) is 30.5. The third-order valence-electron chi connectivity index (χ3n) is 12.2. The lowest BCUT2D eigenvalue weighted by Gasteiger charge is -2.41. The summed E-state index contributed by atoms with van der Waals surface area (Å²) in [5.41, 5.74) is 12.9. The summed E-state index contributed by atoms with van der Waals surface area (Å²) < 4.78 is 7.80. The van der Waals surface area contributed by atoms with E-state index < -0.39 is 5.60 Å². The van der Waals surface area contributed by atoms with Crippen molar-refractivity contribution in [1.29, 1.82) is 0 Å². The maximum Gasteiger partial charge on any atom is 0.178 e. The molecule has 0 aromatic heterocycles. The molecular weight excluding hydrogens is 621 g/mol. The number of benzene rings is 6. The van der Waals surface area contributed by atoms with Crippen molar-refractivity contribution in [3.8, 4) is 16.9 Å². The zero-order chi connectivity index (χ0) is 34.2. The van der Waals surface area contributed by atoms with Crippen molar-refractivity contribution in [1.82, 2.24) is 0 Å². The Hall–Kier alpha value is -5.28. The molecule has 0 unspecified atom stereocenters. The predicted octanol–water partition coefficient (Wildman–Crippen LogP) is 11.1. The number of ether oxygens (including phenoxy) is 1. The zero-order valence-electron chi connectivity index (χ0n) is 29.7. The number of hydrogen-bond acceptors (Lipinski definition) is 3. The quantitative estimate of drug-likeness (QED) is 0.182. The van der Waals surface area contributed by atoms with Crippen LogP contribution in [0.2, 0.25) is 0 Å². The van der Waals surface area contributed by atoms with Crippen LogP contribution >= 0.6 is 0 Å². The van der Waals surface area contributed by atoms with Crippen molar-refractivity contribution in [2.45, 2.75) is 50.5 Å². The van der Waals surface area contributed by atoms with Crippen LogP contribution in [0.4, 0.5) is 11.4 Å². The first-order valence-corrected chi connectivity index (χ1v) is 18.9. The molecule has 0 bridgehead atoms. The van der Waals surface area contributed by atoms with E-state index >= 15 is 0 Å². The van der Waals surface area contributed by atoms with Gasteiger partial charge in [0.05, 0.1) is 0 Å². The van der Waals surface area contributed by atoms with E-state index in [4.69, 9.17) is 4.74 Å². The molecule has 3 heterocycles. The standard InChI is InChI=1S/C48H44N2O/c1-47(2)42-19-9-8-18-40(42)43-38-16-6-7-17-39(38)46-44(45(43)47)41(33-14-4-3-5-15-33)32-48(51-46,34-20-24-36(25-21-34)49-28-10-11-29-49)35-22-26-37(27-23-35)50-30-12-13-31-50/h3-9,14-27,32H,10-13,28-31H2,1-2H3. The maximum atomic E-state index is 7.80. The summed E-state index contributed by atoms with van der Waals surface area (Å²) in [6.07, 6.45) is 7.49. The topological polar surface area (TPSA) is 15.7 Å². The monoisotopic (exact) mass is 664 g/mol. The minimum atomic E-state index is -0.849. The Labute approximate surface area is 301 Å². The van der Waals surface area contributed by atoms with Crippen LogP contribution in [0, 0.1) is 0 Å². The molecule has 2 saturated heterocycles. The van der Waals surface area contributed by atoms with E-state index in [1.165, 1.54) is 81.4 Å². The summed E-state index contributed by atoms with van der Waals surface area (Å²) in [5.74, 6) is 0.971. The van der Waals surface area contributed by atoms with Gasteiger partial charge in [0.1, 0.15) is 5.75 Å². The molecule has 0 N–H and O–H groups in total. The number of nitrogens with zero attached hydrogens (tertiary/aromatic N) is 2. The van der Waals surface area contributed by atoms with Crippen molar-refractivity contribution in [2.24, 2.45) is 0 Å². The summed E-state index contributed by atoms with van der Waals surface area (Å²) in [5, 5.41) is 2.41. The lowest BCUT2D eigenvalue weighted by atomic mass is 9.73. The van der Waals surface area contributed by atoms with E-state index in [2.05, 4.69) is 157 Å². The van der Waals surface area contributed by atoms with Crippen molar-refractivity contribution in [3.63, 3.8) is 0 Å². The molecule has 2 fully saturated rings. The van der Waals surface area contributed by atoms with E-state index in [0.717, 1.165) is 48.4 Å². The van der Waals surface area contributed by atoms with Crippen LogP contribution in [0.5, 0.6) is 5.75 Å². The number of hydrogen-bond donors (Lipinski definition) is 0. The van der Waals surface area contributed by atoms with Gasteiger partial charge < -0.3 is 14.5 Å². The second kappa shape index (κ2) is 11.6. The highest BCUT2D eigenvalue weighted by Gasteiger charge is 2.46. The third-order valence-corrected chi connectivity index (χ3v) is 12.2. The van der Waals surface area contributed by atoms with Crippen LogP contribution < -0.4 is 14.5 Å². The van der Waals surface area contributed by atoms with Crippen molar-refractivity contribution in [2.75, 3.05) is 36.0 Å². The Bertz CT molecular complexity index is 2250. The van der Waals surface area contributed by atoms with Gasteiger partial charge in [-0.25, -0.2) is 0 Å². The fourth-order valence-corrected chi connectivity index (χ4v) is 9.61.